The van der Waals surface area contributed by atoms with Gasteiger partial charge in [-0.15, -0.1) is 0 Å². The Kier molecular flexibility index (Phi) is 6.54. The fourth-order valence-corrected chi connectivity index (χ4v) is 4.30. The topological polar surface area (TPSA) is 52.7 Å². The monoisotopic (exact) mass is 377 g/mol. The maximum absolute atomic E-state index is 13.1. The Labute approximate surface area is 160 Å². The number of carbonyl (C=O) groups is 2. The first kappa shape index (κ1) is 19.2. The average Bonchev–Trinajstić information content (AvgIpc) is 3.18. The summed E-state index contributed by atoms with van der Waals surface area (Å²) in [7, 11) is 0. The number of hydrogen-bond donors (Lipinski definition) is 1. The van der Waals surface area contributed by atoms with Crippen LogP contribution in [-0.2, 0) is 9.59 Å². The summed E-state index contributed by atoms with van der Waals surface area (Å²) in [4.78, 5) is 29.2. The van der Waals surface area contributed by atoms with Crippen LogP contribution in [0, 0.1) is 5.92 Å². The Balaban J connectivity index is 1.68. The lowest BCUT2D eigenvalue weighted by Crippen LogP contribution is -2.56. The molecule has 1 atom stereocenters. The van der Waals surface area contributed by atoms with Gasteiger partial charge in [-0.1, -0.05) is 31.4 Å². The number of halogens is 1. The third kappa shape index (κ3) is 4.57. The molecule has 1 heterocycles. The molecule has 0 aromatic heterocycles. The van der Waals surface area contributed by atoms with E-state index >= 15 is 0 Å². The Morgan fingerprint density at radius 1 is 1.12 bits per heavy atom. The Morgan fingerprint density at radius 3 is 2.31 bits per heavy atom. The average molecular weight is 378 g/mol. The van der Waals surface area contributed by atoms with Gasteiger partial charge in [0.1, 0.15) is 0 Å². The van der Waals surface area contributed by atoms with Crippen LogP contribution in [0.5, 0.6) is 0 Å². The molecule has 1 aliphatic heterocycles. The van der Waals surface area contributed by atoms with Crippen LogP contribution in [-0.4, -0.2) is 53.8 Å². The molecule has 2 amide bonds. The van der Waals surface area contributed by atoms with Crippen LogP contribution in [0.25, 0.3) is 0 Å². The smallest absolute Gasteiger partial charge is 0.242 e. The van der Waals surface area contributed by atoms with Crippen molar-refractivity contribution in [3.63, 3.8) is 0 Å². The fourth-order valence-electron chi connectivity index (χ4n) is 4.17. The van der Waals surface area contributed by atoms with Gasteiger partial charge in [-0.05, 0) is 43.0 Å². The van der Waals surface area contributed by atoms with Crippen LogP contribution in [0.1, 0.15) is 39.0 Å². The number of hydrogen-bond acceptors (Lipinski definition) is 3. The fraction of sp³-hybridized carbons (Fsp3) is 0.600. The van der Waals surface area contributed by atoms with Crippen molar-refractivity contribution in [3.8, 4) is 0 Å². The molecule has 1 unspecified atom stereocenters. The van der Waals surface area contributed by atoms with E-state index in [0.29, 0.717) is 30.5 Å². The minimum Gasteiger partial charge on any atom is -0.340 e. The maximum Gasteiger partial charge on any atom is 0.242 e. The largest absolute Gasteiger partial charge is 0.340 e. The number of anilines is 1. The first-order valence-electron chi connectivity index (χ1n) is 9.66. The molecule has 142 valence electrons. The van der Waals surface area contributed by atoms with E-state index in [1.807, 2.05) is 24.0 Å². The lowest BCUT2D eigenvalue weighted by molar-refractivity contribution is -0.134. The van der Waals surface area contributed by atoms with Crippen LogP contribution >= 0.6 is 11.6 Å². The molecule has 1 N–H and O–H groups in total. The molecule has 3 rings (SSSR count). The van der Waals surface area contributed by atoms with Crippen LogP contribution in [0.2, 0.25) is 5.02 Å². The van der Waals surface area contributed by atoms with Crippen molar-refractivity contribution in [2.75, 3.05) is 31.5 Å². The summed E-state index contributed by atoms with van der Waals surface area (Å²) >= 11 is 5.93. The normalized spacial score (nSPS) is 20.2. The van der Waals surface area contributed by atoms with Gasteiger partial charge in [0.25, 0.3) is 0 Å². The summed E-state index contributed by atoms with van der Waals surface area (Å²) in [6.45, 7) is 4.85. The first-order chi connectivity index (χ1) is 12.6. The molecule has 1 aromatic rings. The second-order valence-electron chi connectivity index (χ2n) is 7.26. The third-order valence-electron chi connectivity index (χ3n) is 5.59. The summed E-state index contributed by atoms with van der Waals surface area (Å²) in [5.41, 5.74) is 0.780. The molecule has 6 heteroatoms. The lowest BCUT2D eigenvalue weighted by atomic mass is 9.95. The predicted molar refractivity (Wildman–Crippen MR) is 104 cm³/mol. The number of rotatable bonds is 5. The summed E-state index contributed by atoms with van der Waals surface area (Å²) in [5.74, 6) is 0.665. The number of amides is 2. The van der Waals surface area contributed by atoms with Gasteiger partial charge in [-0.25, -0.2) is 0 Å². The molecule has 2 aliphatic rings. The second-order valence-corrected chi connectivity index (χ2v) is 7.69. The first-order valence-corrected chi connectivity index (χ1v) is 10.0. The SMILES string of the molecule is CCC(=O)N1CCN(C(C(=O)Nc2ccc(Cl)cc2)C2CCCC2)CC1. The zero-order valence-electron chi connectivity index (χ0n) is 15.4. The van der Waals surface area contributed by atoms with E-state index in [1.165, 1.54) is 12.8 Å². The predicted octanol–water partition coefficient (Wildman–Crippen LogP) is 3.39. The zero-order chi connectivity index (χ0) is 18.5. The van der Waals surface area contributed by atoms with Crippen LogP contribution in [0.15, 0.2) is 24.3 Å². The van der Waals surface area contributed by atoms with Crippen molar-refractivity contribution in [2.45, 2.75) is 45.1 Å². The lowest BCUT2D eigenvalue weighted by Gasteiger charge is -2.40. The van der Waals surface area contributed by atoms with E-state index in [-0.39, 0.29) is 17.9 Å². The van der Waals surface area contributed by atoms with Crippen molar-refractivity contribution in [2.24, 2.45) is 5.92 Å². The van der Waals surface area contributed by atoms with E-state index in [4.69, 9.17) is 11.6 Å². The third-order valence-corrected chi connectivity index (χ3v) is 5.84. The molecule has 1 aromatic carbocycles. The molecule has 0 bridgehead atoms. The summed E-state index contributed by atoms with van der Waals surface area (Å²) in [6.07, 6.45) is 5.15. The van der Waals surface area contributed by atoms with Crippen molar-refractivity contribution in [1.82, 2.24) is 9.80 Å². The number of nitrogens with one attached hydrogen (secondary N) is 1. The van der Waals surface area contributed by atoms with Gasteiger partial charge in [0.05, 0.1) is 6.04 Å². The van der Waals surface area contributed by atoms with Crippen molar-refractivity contribution >= 4 is 29.1 Å². The molecule has 0 radical (unpaired) electrons. The summed E-state index contributed by atoms with van der Waals surface area (Å²) in [5, 5.41) is 3.73. The minimum absolute atomic E-state index is 0.0643. The summed E-state index contributed by atoms with van der Waals surface area (Å²) in [6, 6.07) is 7.13. The van der Waals surface area contributed by atoms with Crippen LogP contribution in [0.3, 0.4) is 0 Å². The Bertz CT molecular complexity index is 620. The molecule has 1 aliphatic carbocycles. The number of piperazine rings is 1. The van der Waals surface area contributed by atoms with Gasteiger partial charge in [0.2, 0.25) is 11.8 Å². The Morgan fingerprint density at radius 2 is 1.73 bits per heavy atom. The van der Waals surface area contributed by atoms with E-state index in [2.05, 4.69) is 10.2 Å². The maximum atomic E-state index is 13.1. The van der Waals surface area contributed by atoms with Gasteiger partial charge in [-0.3, -0.25) is 14.5 Å². The molecule has 26 heavy (non-hydrogen) atoms. The molecule has 2 fully saturated rings. The van der Waals surface area contributed by atoms with Gasteiger partial charge in [0, 0.05) is 43.3 Å². The highest BCUT2D eigenvalue weighted by Crippen LogP contribution is 2.31. The van der Waals surface area contributed by atoms with Gasteiger partial charge < -0.3 is 10.2 Å². The number of carbonyl (C=O) groups excluding carboxylic acids is 2. The van der Waals surface area contributed by atoms with E-state index in [9.17, 15) is 9.59 Å². The number of nitrogens with zero attached hydrogens (tertiary/aromatic N) is 2. The van der Waals surface area contributed by atoms with E-state index in [1.54, 1.807) is 12.1 Å². The van der Waals surface area contributed by atoms with Crippen molar-refractivity contribution in [3.05, 3.63) is 29.3 Å². The second kappa shape index (κ2) is 8.87. The summed E-state index contributed by atoms with van der Waals surface area (Å²) < 4.78 is 0. The van der Waals surface area contributed by atoms with E-state index < -0.39 is 0 Å². The van der Waals surface area contributed by atoms with Crippen LogP contribution in [0.4, 0.5) is 5.69 Å². The van der Waals surface area contributed by atoms with Crippen molar-refractivity contribution in [1.29, 1.82) is 0 Å². The van der Waals surface area contributed by atoms with Gasteiger partial charge in [-0.2, -0.15) is 0 Å². The number of benzene rings is 1. The zero-order valence-corrected chi connectivity index (χ0v) is 16.2. The molecule has 1 saturated heterocycles. The Hall–Kier alpha value is -1.59. The quantitative estimate of drug-likeness (QED) is 0.855. The molecule has 0 spiro atoms. The van der Waals surface area contributed by atoms with Gasteiger partial charge >= 0.3 is 0 Å². The van der Waals surface area contributed by atoms with E-state index in [0.717, 1.165) is 31.6 Å². The van der Waals surface area contributed by atoms with Crippen LogP contribution < -0.4 is 5.32 Å². The molecular weight excluding hydrogens is 350 g/mol. The van der Waals surface area contributed by atoms with Gasteiger partial charge in [0.15, 0.2) is 0 Å². The molecule has 5 nitrogen and oxygen atoms in total. The van der Waals surface area contributed by atoms with Crippen molar-refractivity contribution < 1.29 is 9.59 Å². The standard InChI is InChI=1S/C20H28ClN3O2/c1-2-18(25)23-11-13-24(14-12-23)19(15-5-3-4-6-15)20(26)22-17-9-7-16(21)8-10-17/h7-10,15,19H,2-6,11-14H2,1H3,(H,22,26). The highest BCUT2D eigenvalue weighted by Gasteiger charge is 2.37. The minimum atomic E-state index is -0.118. The molecule has 1 saturated carbocycles. The highest BCUT2D eigenvalue weighted by molar-refractivity contribution is 6.30. The molecular formula is C20H28ClN3O2. The highest BCUT2D eigenvalue weighted by atomic mass is 35.5.